The van der Waals surface area contributed by atoms with Gasteiger partial charge in [-0.3, -0.25) is 9.89 Å². The SMILES string of the molecule is CN=C(NCCN(C(C)C)C(C)C)NCCS(=O)(=O)NCC1CCCCO1. The molecule has 0 bridgehead atoms. The predicted molar refractivity (Wildman–Crippen MR) is 112 cm³/mol. The molecule has 0 aromatic carbocycles. The summed E-state index contributed by atoms with van der Waals surface area (Å²) < 4.78 is 32.4. The van der Waals surface area contributed by atoms with Crippen LogP contribution in [0.15, 0.2) is 4.99 Å². The average Bonchev–Trinajstić information content (AvgIpc) is 2.62. The molecule has 1 aliphatic heterocycles. The van der Waals surface area contributed by atoms with Crippen LogP contribution in [0.1, 0.15) is 47.0 Å². The zero-order chi connectivity index (χ0) is 20.3. The molecule has 0 radical (unpaired) electrons. The second-order valence-electron chi connectivity index (χ2n) is 7.51. The Balaban J connectivity index is 2.27. The van der Waals surface area contributed by atoms with Crippen LogP contribution in [0, 0.1) is 0 Å². The molecular formula is C18H39N5O3S. The molecule has 1 aliphatic rings. The second kappa shape index (κ2) is 12.5. The molecule has 0 aromatic heterocycles. The highest BCUT2D eigenvalue weighted by Crippen LogP contribution is 2.11. The number of rotatable bonds is 11. The van der Waals surface area contributed by atoms with E-state index in [-0.39, 0.29) is 11.9 Å². The minimum atomic E-state index is -3.32. The Bertz CT molecular complexity index is 523. The average molecular weight is 406 g/mol. The molecule has 0 spiro atoms. The number of guanidine groups is 1. The zero-order valence-corrected chi connectivity index (χ0v) is 18.4. The smallest absolute Gasteiger partial charge is 0.213 e. The van der Waals surface area contributed by atoms with Gasteiger partial charge in [0.05, 0.1) is 11.9 Å². The summed E-state index contributed by atoms with van der Waals surface area (Å²) in [6.45, 7) is 11.8. The summed E-state index contributed by atoms with van der Waals surface area (Å²) in [6.07, 6.45) is 3.08. The van der Waals surface area contributed by atoms with Crippen molar-refractivity contribution in [1.82, 2.24) is 20.3 Å². The number of nitrogens with one attached hydrogen (secondary N) is 3. The number of ether oxygens (including phenoxy) is 1. The Labute approximate surface area is 165 Å². The fraction of sp³-hybridized carbons (Fsp3) is 0.944. The highest BCUT2D eigenvalue weighted by molar-refractivity contribution is 7.89. The van der Waals surface area contributed by atoms with Crippen molar-refractivity contribution in [1.29, 1.82) is 0 Å². The topological polar surface area (TPSA) is 95.1 Å². The molecule has 1 atom stereocenters. The van der Waals surface area contributed by atoms with E-state index >= 15 is 0 Å². The largest absolute Gasteiger partial charge is 0.377 e. The van der Waals surface area contributed by atoms with Gasteiger partial charge in [0.15, 0.2) is 5.96 Å². The maximum absolute atomic E-state index is 12.1. The van der Waals surface area contributed by atoms with Gasteiger partial charge in [0.25, 0.3) is 0 Å². The van der Waals surface area contributed by atoms with E-state index in [0.717, 1.165) is 39.0 Å². The molecule has 160 valence electrons. The van der Waals surface area contributed by atoms with Gasteiger partial charge < -0.3 is 15.4 Å². The molecule has 1 heterocycles. The lowest BCUT2D eigenvalue weighted by Crippen LogP contribution is -2.46. The van der Waals surface area contributed by atoms with Gasteiger partial charge in [-0.2, -0.15) is 0 Å². The molecule has 0 aliphatic carbocycles. The molecule has 1 fully saturated rings. The molecule has 0 aromatic rings. The van der Waals surface area contributed by atoms with Crippen LogP contribution in [0.25, 0.3) is 0 Å². The number of sulfonamides is 1. The van der Waals surface area contributed by atoms with Crippen molar-refractivity contribution in [3.63, 3.8) is 0 Å². The van der Waals surface area contributed by atoms with Crippen molar-refractivity contribution < 1.29 is 13.2 Å². The summed E-state index contributed by atoms with van der Waals surface area (Å²) in [7, 11) is -1.64. The lowest BCUT2D eigenvalue weighted by molar-refractivity contribution is 0.0200. The lowest BCUT2D eigenvalue weighted by atomic mass is 10.1. The van der Waals surface area contributed by atoms with Crippen LogP contribution in [0.2, 0.25) is 0 Å². The van der Waals surface area contributed by atoms with Gasteiger partial charge in [-0.1, -0.05) is 0 Å². The Morgan fingerprint density at radius 2 is 1.81 bits per heavy atom. The maximum Gasteiger partial charge on any atom is 0.213 e. The van der Waals surface area contributed by atoms with Crippen LogP contribution >= 0.6 is 0 Å². The zero-order valence-electron chi connectivity index (χ0n) is 17.6. The molecule has 0 amide bonds. The Morgan fingerprint density at radius 3 is 2.37 bits per heavy atom. The molecule has 3 N–H and O–H groups in total. The first-order chi connectivity index (χ1) is 12.7. The third-order valence-corrected chi connectivity index (χ3v) is 6.03. The van der Waals surface area contributed by atoms with Gasteiger partial charge in [-0.15, -0.1) is 0 Å². The fourth-order valence-corrected chi connectivity index (χ4v) is 4.16. The number of hydrogen-bond donors (Lipinski definition) is 3. The Morgan fingerprint density at radius 1 is 1.15 bits per heavy atom. The van der Waals surface area contributed by atoms with Crippen LogP contribution in [0.3, 0.4) is 0 Å². The highest BCUT2D eigenvalue weighted by Gasteiger charge is 2.18. The molecule has 27 heavy (non-hydrogen) atoms. The first kappa shape index (κ1) is 24.1. The summed E-state index contributed by atoms with van der Waals surface area (Å²) in [4.78, 5) is 6.55. The van der Waals surface area contributed by atoms with Crippen molar-refractivity contribution >= 4 is 16.0 Å². The normalized spacial score (nSPS) is 19.1. The van der Waals surface area contributed by atoms with E-state index in [0.29, 0.717) is 31.1 Å². The van der Waals surface area contributed by atoms with Crippen LogP contribution in [-0.4, -0.2) is 83.1 Å². The van der Waals surface area contributed by atoms with Crippen molar-refractivity contribution in [2.45, 2.75) is 65.1 Å². The molecule has 1 rings (SSSR count). The first-order valence-corrected chi connectivity index (χ1v) is 11.7. The molecule has 1 saturated heterocycles. The van der Waals surface area contributed by atoms with E-state index in [1.807, 2.05) is 0 Å². The van der Waals surface area contributed by atoms with Crippen molar-refractivity contribution in [2.24, 2.45) is 4.99 Å². The maximum atomic E-state index is 12.1. The fourth-order valence-electron chi connectivity index (χ4n) is 3.20. The second-order valence-corrected chi connectivity index (χ2v) is 9.43. The Kier molecular flexibility index (Phi) is 11.2. The van der Waals surface area contributed by atoms with Gasteiger partial charge in [0.1, 0.15) is 0 Å². The van der Waals surface area contributed by atoms with E-state index in [1.54, 1.807) is 7.05 Å². The highest BCUT2D eigenvalue weighted by atomic mass is 32.2. The minimum Gasteiger partial charge on any atom is -0.377 e. The molecule has 0 saturated carbocycles. The van der Waals surface area contributed by atoms with E-state index in [4.69, 9.17) is 4.74 Å². The van der Waals surface area contributed by atoms with E-state index in [9.17, 15) is 8.42 Å². The van der Waals surface area contributed by atoms with Crippen LogP contribution in [0.4, 0.5) is 0 Å². The quantitative estimate of drug-likeness (QED) is 0.347. The van der Waals surface area contributed by atoms with Crippen molar-refractivity contribution in [3.8, 4) is 0 Å². The number of hydrogen-bond acceptors (Lipinski definition) is 5. The first-order valence-electron chi connectivity index (χ1n) is 10.0. The molecular weight excluding hydrogens is 366 g/mol. The molecule has 9 heteroatoms. The number of aliphatic imine (C=N–C) groups is 1. The van der Waals surface area contributed by atoms with E-state index < -0.39 is 10.0 Å². The summed E-state index contributed by atoms with van der Waals surface area (Å²) >= 11 is 0. The summed E-state index contributed by atoms with van der Waals surface area (Å²) in [5.41, 5.74) is 0. The standard InChI is InChI=1S/C18H39N5O3S/c1-15(2)23(16(3)4)11-9-20-18(19-5)21-10-13-27(24,25)22-14-17-8-6-7-12-26-17/h15-17,22H,6-14H2,1-5H3,(H2,19,20,21). The van der Waals surface area contributed by atoms with Gasteiger partial charge in [-0.25, -0.2) is 13.1 Å². The Hall–Kier alpha value is -0.900. The van der Waals surface area contributed by atoms with Gasteiger partial charge >= 0.3 is 0 Å². The third kappa shape index (κ3) is 10.3. The third-order valence-electron chi connectivity index (χ3n) is 4.68. The summed E-state index contributed by atoms with van der Waals surface area (Å²) in [5.74, 6) is 0.623. The molecule has 1 unspecified atom stereocenters. The van der Waals surface area contributed by atoms with Gasteiger partial charge in [-0.05, 0) is 47.0 Å². The lowest BCUT2D eigenvalue weighted by Gasteiger charge is -2.30. The van der Waals surface area contributed by atoms with Gasteiger partial charge in [0.2, 0.25) is 10.0 Å². The predicted octanol–water partition coefficient (Wildman–Crippen LogP) is 0.759. The van der Waals surface area contributed by atoms with Crippen LogP contribution in [0.5, 0.6) is 0 Å². The van der Waals surface area contributed by atoms with Crippen molar-refractivity contribution in [3.05, 3.63) is 0 Å². The van der Waals surface area contributed by atoms with Crippen LogP contribution < -0.4 is 15.4 Å². The van der Waals surface area contributed by atoms with Crippen molar-refractivity contribution in [2.75, 3.05) is 45.6 Å². The summed E-state index contributed by atoms with van der Waals surface area (Å²) in [6, 6.07) is 0.956. The summed E-state index contributed by atoms with van der Waals surface area (Å²) in [5, 5.41) is 6.31. The monoisotopic (exact) mass is 405 g/mol. The number of nitrogens with zero attached hydrogens (tertiary/aromatic N) is 2. The minimum absolute atomic E-state index is 0.000719. The molecule has 8 nitrogen and oxygen atoms in total. The van der Waals surface area contributed by atoms with Gasteiger partial charge in [0, 0.05) is 51.9 Å². The van der Waals surface area contributed by atoms with E-state index in [1.165, 1.54) is 0 Å². The van der Waals surface area contributed by atoms with E-state index in [2.05, 4.69) is 52.9 Å². The van der Waals surface area contributed by atoms with Crippen LogP contribution in [-0.2, 0) is 14.8 Å².